The maximum Gasteiger partial charge on any atom is 0.224 e. The summed E-state index contributed by atoms with van der Waals surface area (Å²) >= 11 is 0. The van der Waals surface area contributed by atoms with Gasteiger partial charge in [-0.15, -0.1) is 0 Å². The van der Waals surface area contributed by atoms with E-state index in [0.29, 0.717) is 19.8 Å². The van der Waals surface area contributed by atoms with E-state index in [9.17, 15) is 14.7 Å². The standard InChI is InChI=1S/C18H21NO4/c20-17(15-13-6-7-14(10-13)16(15)18(21)22)19-8-9-23-11-12-4-2-1-3-5-12/h1-7,13-16H,8-11H2,(H,19,20)(H,21,22)/p-1/t13-,14+,15+,16+/m1/s1. The van der Waals surface area contributed by atoms with Crippen molar-refractivity contribution in [2.24, 2.45) is 23.7 Å². The van der Waals surface area contributed by atoms with E-state index in [1.165, 1.54) is 0 Å². The molecule has 122 valence electrons. The Labute approximate surface area is 135 Å². The molecule has 3 rings (SSSR count). The lowest BCUT2D eigenvalue weighted by atomic mass is 9.82. The molecule has 0 spiro atoms. The largest absolute Gasteiger partial charge is 0.550 e. The van der Waals surface area contributed by atoms with Gasteiger partial charge in [-0.3, -0.25) is 4.79 Å². The summed E-state index contributed by atoms with van der Waals surface area (Å²) < 4.78 is 5.51. The summed E-state index contributed by atoms with van der Waals surface area (Å²) in [5, 5.41) is 14.1. The van der Waals surface area contributed by atoms with Crippen molar-refractivity contribution in [2.75, 3.05) is 13.2 Å². The Hall–Kier alpha value is -2.14. The number of carbonyl (C=O) groups is 2. The van der Waals surface area contributed by atoms with Crippen LogP contribution in [0, 0.1) is 23.7 Å². The van der Waals surface area contributed by atoms with Gasteiger partial charge in [0.1, 0.15) is 0 Å². The number of hydrogen-bond acceptors (Lipinski definition) is 4. The molecule has 1 saturated carbocycles. The minimum absolute atomic E-state index is 0.0214. The van der Waals surface area contributed by atoms with Crippen LogP contribution in [0.5, 0.6) is 0 Å². The molecule has 1 aromatic rings. The van der Waals surface area contributed by atoms with Crippen molar-refractivity contribution in [2.45, 2.75) is 13.0 Å². The topological polar surface area (TPSA) is 78.5 Å². The number of amides is 1. The van der Waals surface area contributed by atoms with Gasteiger partial charge in [-0.1, -0.05) is 42.5 Å². The van der Waals surface area contributed by atoms with E-state index in [-0.39, 0.29) is 17.7 Å². The fourth-order valence-electron chi connectivity index (χ4n) is 3.63. The molecule has 23 heavy (non-hydrogen) atoms. The number of aliphatic carboxylic acids is 1. The predicted molar refractivity (Wildman–Crippen MR) is 81.8 cm³/mol. The van der Waals surface area contributed by atoms with E-state index in [0.717, 1.165) is 12.0 Å². The first-order valence-corrected chi connectivity index (χ1v) is 7.95. The van der Waals surface area contributed by atoms with Gasteiger partial charge in [-0.2, -0.15) is 0 Å². The molecule has 5 nitrogen and oxygen atoms in total. The zero-order chi connectivity index (χ0) is 16.2. The fourth-order valence-corrected chi connectivity index (χ4v) is 3.63. The van der Waals surface area contributed by atoms with Crippen molar-refractivity contribution in [3.8, 4) is 0 Å². The normalized spacial score (nSPS) is 28.0. The van der Waals surface area contributed by atoms with Gasteiger partial charge in [0.2, 0.25) is 5.91 Å². The summed E-state index contributed by atoms with van der Waals surface area (Å²) in [6.07, 6.45) is 4.60. The van der Waals surface area contributed by atoms with Gasteiger partial charge in [0.15, 0.2) is 0 Å². The highest BCUT2D eigenvalue weighted by Crippen LogP contribution is 2.47. The molecule has 1 amide bonds. The molecule has 0 unspecified atom stereocenters. The second-order valence-electron chi connectivity index (χ2n) is 6.15. The lowest BCUT2D eigenvalue weighted by molar-refractivity contribution is -0.313. The van der Waals surface area contributed by atoms with Crippen molar-refractivity contribution in [3.05, 3.63) is 48.0 Å². The van der Waals surface area contributed by atoms with Crippen LogP contribution in [0.15, 0.2) is 42.5 Å². The minimum atomic E-state index is -1.12. The molecule has 2 aliphatic carbocycles. The Morgan fingerprint density at radius 2 is 1.83 bits per heavy atom. The summed E-state index contributed by atoms with van der Waals surface area (Å²) in [5.41, 5.74) is 1.08. The van der Waals surface area contributed by atoms with E-state index in [1.807, 2.05) is 42.5 Å². The van der Waals surface area contributed by atoms with Crippen LogP contribution >= 0.6 is 0 Å². The minimum Gasteiger partial charge on any atom is -0.550 e. The third-order valence-electron chi connectivity index (χ3n) is 4.69. The maximum absolute atomic E-state index is 12.3. The van der Waals surface area contributed by atoms with Crippen LogP contribution in [0.1, 0.15) is 12.0 Å². The summed E-state index contributed by atoms with van der Waals surface area (Å²) in [4.78, 5) is 23.6. The number of benzene rings is 1. The van der Waals surface area contributed by atoms with Crippen LogP contribution in [0.3, 0.4) is 0 Å². The van der Waals surface area contributed by atoms with Crippen molar-refractivity contribution in [1.29, 1.82) is 0 Å². The first kappa shape index (κ1) is 15.7. The highest BCUT2D eigenvalue weighted by molar-refractivity contribution is 5.86. The second-order valence-corrected chi connectivity index (χ2v) is 6.15. The highest BCUT2D eigenvalue weighted by atomic mass is 16.5. The lowest BCUT2D eigenvalue weighted by Gasteiger charge is -2.27. The number of carboxylic acids is 1. The van der Waals surface area contributed by atoms with Gasteiger partial charge in [0.05, 0.1) is 19.1 Å². The molecule has 0 radical (unpaired) electrons. The van der Waals surface area contributed by atoms with Crippen molar-refractivity contribution >= 4 is 11.9 Å². The monoisotopic (exact) mass is 314 g/mol. The molecule has 1 aromatic carbocycles. The number of fused-ring (bicyclic) bond motifs is 2. The number of allylic oxidation sites excluding steroid dienone is 2. The number of rotatable bonds is 7. The molecule has 1 fully saturated rings. The first-order chi connectivity index (χ1) is 11.2. The van der Waals surface area contributed by atoms with Gasteiger partial charge in [0, 0.05) is 18.4 Å². The smallest absolute Gasteiger partial charge is 0.224 e. The summed E-state index contributed by atoms with van der Waals surface area (Å²) in [7, 11) is 0. The Bertz CT molecular complexity index is 598. The number of hydrogen-bond donors (Lipinski definition) is 1. The lowest BCUT2D eigenvalue weighted by Crippen LogP contribution is -2.45. The fraction of sp³-hybridized carbons (Fsp3) is 0.444. The first-order valence-electron chi connectivity index (χ1n) is 7.95. The Kier molecular flexibility index (Phi) is 4.76. The van der Waals surface area contributed by atoms with E-state index in [1.54, 1.807) is 0 Å². The van der Waals surface area contributed by atoms with Crippen LogP contribution in [-0.4, -0.2) is 25.0 Å². The molecular weight excluding hydrogens is 294 g/mol. The molecule has 0 aliphatic heterocycles. The quantitative estimate of drug-likeness (QED) is 0.587. The van der Waals surface area contributed by atoms with E-state index < -0.39 is 17.8 Å². The van der Waals surface area contributed by atoms with E-state index >= 15 is 0 Å². The zero-order valence-electron chi connectivity index (χ0n) is 12.8. The van der Waals surface area contributed by atoms with Crippen LogP contribution in [0.2, 0.25) is 0 Å². The second kappa shape index (κ2) is 6.96. The number of nitrogens with one attached hydrogen (secondary N) is 1. The summed E-state index contributed by atoms with van der Waals surface area (Å²) in [5.74, 6) is -2.58. The number of carbonyl (C=O) groups excluding carboxylic acids is 2. The number of carboxylic acid groups (broad SMARTS) is 1. The van der Waals surface area contributed by atoms with Gasteiger partial charge in [-0.25, -0.2) is 0 Å². The molecule has 2 aliphatic rings. The Balaban J connectivity index is 1.43. The molecule has 2 bridgehead atoms. The molecule has 0 aromatic heterocycles. The highest BCUT2D eigenvalue weighted by Gasteiger charge is 2.48. The molecule has 0 heterocycles. The van der Waals surface area contributed by atoms with E-state index in [2.05, 4.69) is 5.32 Å². The third-order valence-corrected chi connectivity index (χ3v) is 4.69. The third kappa shape index (κ3) is 3.45. The van der Waals surface area contributed by atoms with Crippen LogP contribution in [-0.2, 0) is 20.9 Å². The zero-order valence-corrected chi connectivity index (χ0v) is 12.8. The summed E-state index contributed by atoms with van der Waals surface area (Å²) in [6.45, 7) is 1.27. The number of ether oxygens (including phenoxy) is 1. The SMILES string of the molecule is O=C(NCCOCc1ccccc1)[C@@H]1[C@@H](C(=O)[O-])[C@H]2C=C[C@@H]1C2. The molecule has 0 saturated heterocycles. The molecular formula is C18H20NO4-. The van der Waals surface area contributed by atoms with Gasteiger partial charge in [-0.05, 0) is 23.8 Å². The average Bonchev–Trinajstić information content (AvgIpc) is 3.16. The van der Waals surface area contributed by atoms with Gasteiger partial charge in [0.25, 0.3) is 0 Å². The van der Waals surface area contributed by atoms with Gasteiger partial charge >= 0.3 is 0 Å². The molecule has 4 atom stereocenters. The van der Waals surface area contributed by atoms with Crippen molar-refractivity contribution in [3.63, 3.8) is 0 Å². The van der Waals surface area contributed by atoms with Crippen molar-refractivity contribution in [1.82, 2.24) is 5.32 Å². The predicted octanol–water partition coefficient (Wildman–Crippen LogP) is 0.508. The van der Waals surface area contributed by atoms with Crippen molar-refractivity contribution < 1.29 is 19.4 Å². The van der Waals surface area contributed by atoms with Crippen LogP contribution in [0.4, 0.5) is 0 Å². The molecule has 5 heteroatoms. The Morgan fingerprint density at radius 3 is 2.52 bits per heavy atom. The Morgan fingerprint density at radius 1 is 1.13 bits per heavy atom. The average molecular weight is 314 g/mol. The van der Waals surface area contributed by atoms with Crippen LogP contribution < -0.4 is 10.4 Å². The van der Waals surface area contributed by atoms with Crippen LogP contribution in [0.25, 0.3) is 0 Å². The molecule has 1 N–H and O–H groups in total. The van der Waals surface area contributed by atoms with Gasteiger partial charge < -0.3 is 20.0 Å². The maximum atomic E-state index is 12.3. The summed E-state index contributed by atoms with van der Waals surface area (Å²) in [6, 6.07) is 9.79. The van der Waals surface area contributed by atoms with E-state index in [4.69, 9.17) is 4.74 Å².